The Morgan fingerprint density at radius 1 is 1.12 bits per heavy atom. The Morgan fingerprint density at radius 3 is 2.38 bits per heavy atom. The summed E-state index contributed by atoms with van der Waals surface area (Å²) in [5, 5.41) is 10.7. The second-order valence-electron chi connectivity index (χ2n) is 7.89. The quantitative estimate of drug-likeness (QED) is 0.443. The first-order chi connectivity index (χ1) is 15.3. The Hall–Kier alpha value is -2.29. The average Bonchev–Trinajstić information content (AvgIpc) is 2.77. The smallest absolute Gasteiger partial charge is 0.274 e. The molecular weight excluding hydrogens is 492 g/mol. The summed E-state index contributed by atoms with van der Waals surface area (Å²) >= 11 is 3.35. The van der Waals surface area contributed by atoms with E-state index in [0.717, 1.165) is 16.5 Å². The molecule has 0 fully saturated rings. The lowest BCUT2D eigenvalue weighted by atomic mass is 10.1. The lowest BCUT2D eigenvalue weighted by Crippen LogP contribution is -2.34. The number of benzene rings is 2. The van der Waals surface area contributed by atoms with E-state index in [9.17, 15) is 14.1 Å². The maximum atomic E-state index is 13.7. The summed E-state index contributed by atoms with van der Waals surface area (Å²) in [5.74, 6) is 0.343. The van der Waals surface area contributed by atoms with E-state index in [-0.39, 0.29) is 11.5 Å². The summed E-state index contributed by atoms with van der Waals surface area (Å²) in [6.45, 7) is 4.40. The highest BCUT2D eigenvalue weighted by molar-refractivity contribution is 9.10. The Bertz CT molecular complexity index is 1130. The van der Waals surface area contributed by atoms with Crippen molar-refractivity contribution in [3.8, 4) is 5.88 Å². The molecule has 0 spiro atoms. The number of rotatable bonds is 9. The monoisotopic (exact) mass is 518 g/mol. The van der Waals surface area contributed by atoms with Gasteiger partial charge in [-0.1, -0.05) is 60.1 Å². The van der Waals surface area contributed by atoms with E-state index in [2.05, 4.69) is 34.8 Å². The van der Waals surface area contributed by atoms with Crippen LogP contribution in [0.25, 0.3) is 0 Å². The fraction of sp³-hybridized carbons (Fsp3) is 0.333. The maximum Gasteiger partial charge on any atom is 0.274 e. The van der Waals surface area contributed by atoms with Gasteiger partial charge in [-0.05, 0) is 42.2 Å². The van der Waals surface area contributed by atoms with Crippen LogP contribution in [0.3, 0.4) is 0 Å². The molecule has 0 saturated heterocycles. The summed E-state index contributed by atoms with van der Waals surface area (Å²) in [5.41, 5.74) is 0.346. The Morgan fingerprint density at radius 2 is 1.78 bits per heavy atom. The van der Waals surface area contributed by atoms with Gasteiger partial charge in [0.25, 0.3) is 5.56 Å². The Kier molecular flexibility index (Phi) is 8.39. The molecule has 1 heterocycles. The molecule has 2 atom stereocenters. The van der Waals surface area contributed by atoms with E-state index in [0.29, 0.717) is 23.1 Å². The van der Waals surface area contributed by atoms with Crippen LogP contribution in [0.2, 0.25) is 0 Å². The number of ether oxygens (including phenoxy) is 1. The molecule has 0 amide bonds. The summed E-state index contributed by atoms with van der Waals surface area (Å²) in [7, 11) is -0.321. The van der Waals surface area contributed by atoms with Crippen molar-refractivity contribution in [1.29, 1.82) is 0 Å². The highest BCUT2D eigenvalue weighted by Gasteiger charge is 2.27. The van der Waals surface area contributed by atoms with Gasteiger partial charge in [0.15, 0.2) is 4.90 Å². The van der Waals surface area contributed by atoms with Crippen molar-refractivity contribution in [3.63, 3.8) is 0 Å². The van der Waals surface area contributed by atoms with E-state index < -0.39 is 28.3 Å². The molecule has 32 heavy (non-hydrogen) atoms. The predicted molar refractivity (Wildman–Crippen MR) is 129 cm³/mol. The number of halogens is 1. The Balaban J connectivity index is 2.21. The number of hydrogen-bond donors (Lipinski definition) is 1. The number of aryl methyl sites for hydroxylation is 1. The van der Waals surface area contributed by atoms with Crippen LogP contribution >= 0.6 is 15.9 Å². The van der Waals surface area contributed by atoms with Crippen LogP contribution in [0.15, 0.2) is 73.7 Å². The molecule has 1 unspecified atom stereocenters. The topological polar surface area (TPSA) is 81.4 Å². The number of aromatic nitrogens is 2. The van der Waals surface area contributed by atoms with Crippen LogP contribution in [-0.2, 0) is 22.0 Å². The fourth-order valence-corrected chi connectivity index (χ4v) is 4.81. The molecule has 0 aliphatic carbocycles. The summed E-state index contributed by atoms with van der Waals surface area (Å²) in [4.78, 5) is 18.3. The molecule has 0 saturated carbocycles. The number of hydrogen-bond acceptors (Lipinski definition) is 5. The van der Waals surface area contributed by atoms with Crippen molar-refractivity contribution in [2.24, 2.45) is 5.92 Å². The van der Waals surface area contributed by atoms with Gasteiger partial charge in [-0.25, -0.2) is 4.21 Å². The number of methoxy groups -OCH3 is 1. The molecule has 3 aromatic rings. The molecule has 0 bridgehead atoms. The van der Waals surface area contributed by atoms with Gasteiger partial charge in [-0.3, -0.25) is 9.36 Å². The van der Waals surface area contributed by atoms with E-state index >= 15 is 0 Å². The summed E-state index contributed by atoms with van der Waals surface area (Å²) < 4.78 is 21.1. The van der Waals surface area contributed by atoms with Crippen molar-refractivity contribution >= 4 is 26.7 Å². The SMILES string of the molecule is COC[C@@H](c1ccccc1)n1c(CCC(C)C)nc(O)c(S(=O)c2ccc(Br)cc2)c1=O. The second kappa shape index (κ2) is 11.0. The number of nitrogens with zero attached hydrogens (tertiary/aromatic N) is 2. The molecular formula is C24H27BrN2O4S. The van der Waals surface area contributed by atoms with Crippen molar-refractivity contribution in [1.82, 2.24) is 9.55 Å². The highest BCUT2D eigenvalue weighted by atomic mass is 79.9. The zero-order valence-corrected chi connectivity index (χ0v) is 20.7. The van der Waals surface area contributed by atoms with E-state index in [4.69, 9.17) is 4.74 Å². The molecule has 0 aliphatic rings. The first kappa shape index (κ1) is 24.4. The third kappa shape index (κ3) is 5.54. The normalized spacial score (nSPS) is 13.3. The van der Waals surface area contributed by atoms with Crippen LogP contribution in [0.5, 0.6) is 5.88 Å². The third-order valence-corrected chi connectivity index (χ3v) is 7.07. The van der Waals surface area contributed by atoms with Gasteiger partial charge in [-0.2, -0.15) is 4.98 Å². The van der Waals surface area contributed by atoms with Gasteiger partial charge in [-0.15, -0.1) is 0 Å². The van der Waals surface area contributed by atoms with Crippen molar-refractivity contribution in [2.75, 3.05) is 13.7 Å². The minimum Gasteiger partial charge on any atom is -0.492 e. The zero-order chi connectivity index (χ0) is 23.3. The third-order valence-electron chi connectivity index (χ3n) is 5.11. The van der Waals surface area contributed by atoms with Crippen molar-refractivity contribution < 1.29 is 14.1 Å². The largest absolute Gasteiger partial charge is 0.492 e. The first-order valence-corrected chi connectivity index (χ1v) is 12.3. The fourth-order valence-electron chi connectivity index (χ4n) is 3.46. The molecule has 3 rings (SSSR count). The van der Waals surface area contributed by atoms with Crippen LogP contribution in [-0.4, -0.2) is 32.6 Å². The lowest BCUT2D eigenvalue weighted by Gasteiger charge is -2.24. The average molecular weight is 519 g/mol. The molecule has 0 radical (unpaired) electrons. The van der Waals surface area contributed by atoms with Crippen molar-refractivity contribution in [3.05, 3.63) is 80.8 Å². The molecule has 6 nitrogen and oxygen atoms in total. The molecule has 8 heteroatoms. The van der Waals surface area contributed by atoms with Gasteiger partial charge in [0.1, 0.15) is 5.82 Å². The molecule has 1 N–H and O–H groups in total. The van der Waals surface area contributed by atoms with Gasteiger partial charge in [0, 0.05) is 22.9 Å². The molecule has 1 aromatic heterocycles. The highest BCUT2D eigenvalue weighted by Crippen LogP contribution is 2.26. The Labute approximate surface area is 198 Å². The van der Waals surface area contributed by atoms with Crippen LogP contribution in [0.1, 0.15) is 37.7 Å². The second-order valence-corrected chi connectivity index (χ2v) is 10.2. The van der Waals surface area contributed by atoms with Gasteiger partial charge < -0.3 is 9.84 Å². The number of aromatic hydroxyl groups is 1. The van der Waals surface area contributed by atoms with E-state index in [1.807, 2.05) is 30.3 Å². The van der Waals surface area contributed by atoms with Crippen molar-refractivity contribution in [2.45, 2.75) is 42.5 Å². The zero-order valence-electron chi connectivity index (χ0n) is 18.3. The minimum absolute atomic E-state index is 0.224. The standard InChI is InChI=1S/C24H27BrN2O4S/c1-16(2)9-14-21-26-23(28)22(32(30)19-12-10-18(25)11-13-19)24(29)27(21)20(15-31-3)17-7-5-4-6-8-17/h4-8,10-13,16,20,28H,9,14-15H2,1-3H3/t20-,32?/m0/s1. The maximum absolute atomic E-state index is 13.7. The first-order valence-electron chi connectivity index (χ1n) is 10.4. The molecule has 170 valence electrons. The van der Waals surface area contributed by atoms with Gasteiger partial charge in [0.05, 0.1) is 23.4 Å². The summed E-state index contributed by atoms with van der Waals surface area (Å²) in [6.07, 6.45) is 1.29. The minimum atomic E-state index is -1.89. The predicted octanol–water partition coefficient (Wildman–Crippen LogP) is 4.70. The van der Waals surface area contributed by atoms with Gasteiger partial charge >= 0.3 is 0 Å². The molecule has 2 aromatic carbocycles. The summed E-state index contributed by atoms with van der Waals surface area (Å²) in [6, 6.07) is 15.8. The van der Waals surface area contributed by atoms with Crippen LogP contribution in [0, 0.1) is 5.92 Å². The van der Waals surface area contributed by atoms with E-state index in [1.54, 1.807) is 31.4 Å². The molecule has 0 aliphatic heterocycles. The lowest BCUT2D eigenvalue weighted by molar-refractivity contribution is 0.165. The van der Waals surface area contributed by atoms with E-state index in [1.165, 1.54) is 4.57 Å². The van der Waals surface area contributed by atoms with Crippen LogP contribution < -0.4 is 5.56 Å². The van der Waals surface area contributed by atoms with Crippen LogP contribution in [0.4, 0.5) is 0 Å². The van der Waals surface area contributed by atoms with Gasteiger partial charge in [0.2, 0.25) is 5.88 Å².